The Labute approximate surface area is 154 Å². The Kier molecular flexibility index (Phi) is 6.08. The summed E-state index contributed by atoms with van der Waals surface area (Å²) in [5, 5.41) is 9.10. The number of carboxylic acid groups (broad SMARTS) is 1. The van der Waals surface area contributed by atoms with Crippen LogP contribution in [0.25, 0.3) is 0 Å². The van der Waals surface area contributed by atoms with Crippen molar-refractivity contribution in [3.63, 3.8) is 0 Å². The van der Waals surface area contributed by atoms with Gasteiger partial charge >= 0.3 is 5.97 Å². The lowest BCUT2D eigenvalue weighted by molar-refractivity contribution is -0.141. The molecule has 8 heteroatoms. The van der Waals surface area contributed by atoms with Crippen molar-refractivity contribution in [1.29, 1.82) is 0 Å². The normalized spacial score (nSPS) is 15.9. The quantitative estimate of drug-likeness (QED) is 0.742. The summed E-state index contributed by atoms with van der Waals surface area (Å²) in [6.07, 6.45) is 1.73. The molecule has 1 atom stereocenters. The highest BCUT2D eigenvalue weighted by Gasteiger charge is 2.35. The van der Waals surface area contributed by atoms with Crippen LogP contribution in [0.3, 0.4) is 0 Å². The molecule has 144 valence electrons. The van der Waals surface area contributed by atoms with E-state index < -0.39 is 21.9 Å². The number of carboxylic acids is 1. The monoisotopic (exact) mass is 382 g/mol. The fraction of sp³-hybridized carbons (Fsp3) is 0.556. The molecule has 1 aliphatic carbocycles. The van der Waals surface area contributed by atoms with Crippen molar-refractivity contribution < 1.29 is 23.1 Å². The van der Waals surface area contributed by atoms with E-state index in [0.717, 1.165) is 12.8 Å². The number of nitrogens with zero attached hydrogens (tertiary/aromatic N) is 2. The molecule has 1 aliphatic rings. The molecule has 0 bridgehead atoms. The van der Waals surface area contributed by atoms with E-state index in [9.17, 15) is 18.0 Å². The Hall–Kier alpha value is -1.93. The third kappa shape index (κ3) is 4.42. The Bertz CT molecular complexity index is 769. The van der Waals surface area contributed by atoms with Gasteiger partial charge in [-0.1, -0.05) is 6.92 Å². The maximum Gasteiger partial charge on any atom is 0.308 e. The lowest BCUT2D eigenvalue weighted by Crippen LogP contribution is -2.38. The van der Waals surface area contributed by atoms with E-state index in [2.05, 4.69) is 0 Å². The molecule has 1 N–H and O–H groups in total. The number of carbonyl (C=O) groups excluding carboxylic acids is 1. The average molecular weight is 382 g/mol. The van der Waals surface area contributed by atoms with Gasteiger partial charge in [0.2, 0.25) is 10.0 Å². The van der Waals surface area contributed by atoms with Gasteiger partial charge in [0.1, 0.15) is 0 Å². The minimum atomic E-state index is -3.60. The summed E-state index contributed by atoms with van der Waals surface area (Å²) in [6, 6.07) is 5.72. The number of hydrogen-bond acceptors (Lipinski definition) is 4. The van der Waals surface area contributed by atoms with E-state index in [1.165, 1.54) is 35.6 Å². The Morgan fingerprint density at radius 3 is 2.12 bits per heavy atom. The van der Waals surface area contributed by atoms with Gasteiger partial charge in [-0.15, -0.1) is 0 Å². The van der Waals surface area contributed by atoms with Crippen molar-refractivity contribution in [3.05, 3.63) is 29.8 Å². The van der Waals surface area contributed by atoms with Gasteiger partial charge in [0.25, 0.3) is 5.91 Å². The molecule has 2 rings (SSSR count). The second kappa shape index (κ2) is 7.75. The molecule has 1 aromatic rings. The van der Waals surface area contributed by atoms with Crippen molar-refractivity contribution in [2.24, 2.45) is 5.92 Å². The van der Waals surface area contributed by atoms with Crippen LogP contribution in [0.15, 0.2) is 29.2 Å². The molecule has 0 aliphatic heterocycles. The molecule has 0 heterocycles. The van der Waals surface area contributed by atoms with Gasteiger partial charge in [0, 0.05) is 31.2 Å². The van der Waals surface area contributed by atoms with Gasteiger partial charge in [-0.25, -0.2) is 8.42 Å². The number of benzene rings is 1. The van der Waals surface area contributed by atoms with Gasteiger partial charge in [0.15, 0.2) is 0 Å². The second-order valence-electron chi connectivity index (χ2n) is 7.07. The number of amides is 1. The smallest absolute Gasteiger partial charge is 0.308 e. The highest BCUT2D eigenvalue weighted by atomic mass is 32.2. The third-order valence-electron chi connectivity index (χ3n) is 4.65. The predicted molar refractivity (Wildman–Crippen MR) is 97.4 cm³/mol. The van der Waals surface area contributed by atoms with Gasteiger partial charge < -0.3 is 10.0 Å². The van der Waals surface area contributed by atoms with Crippen molar-refractivity contribution in [2.45, 2.75) is 50.6 Å². The zero-order valence-corrected chi connectivity index (χ0v) is 16.4. The molecule has 1 saturated carbocycles. The number of carbonyl (C=O) groups is 2. The third-order valence-corrected chi connectivity index (χ3v) is 6.69. The molecule has 26 heavy (non-hydrogen) atoms. The van der Waals surface area contributed by atoms with Crippen LogP contribution in [0.2, 0.25) is 0 Å². The minimum Gasteiger partial charge on any atom is -0.481 e. The molecule has 1 unspecified atom stereocenters. The SMILES string of the molecule is CC(CN(C(=O)c1ccc(S(=O)(=O)N(C)C(C)C)cc1)C1CC1)C(=O)O. The maximum absolute atomic E-state index is 12.8. The van der Waals surface area contributed by atoms with E-state index in [4.69, 9.17) is 5.11 Å². The van der Waals surface area contributed by atoms with Crippen LogP contribution in [0, 0.1) is 5.92 Å². The topological polar surface area (TPSA) is 95.0 Å². The molecule has 0 aromatic heterocycles. The van der Waals surface area contributed by atoms with Crippen molar-refractivity contribution in [1.82, 2.24) is 9.21 Å². The summed E-state index contributed by atoms with van der Waals surface area (Å²) >= 11 is 0. The molecule has 1 aromatic carbocycles. The van der Waals surface area contributed by atoms with Crippen molar-refractivity contribution in [3.8, 4) is 0 Å². The molecular weight excluding hydrogens is 356 g/mol. The molecule has 0 saturated heterocycles. The number of hydrogen-bond donors (Lipinski definition) is 1. The number of aliphatic carboxylic acids is 1. The lowest BCUT2D eigenvalue weighted by Gasteiger charge is -2.25. The van der Waals surface area contributed by atoms with Crippen LogP contribution in [-0.4, -0.2) is 60.3 Å². The molecule has 7 nitrogen and oxygen atoms in total. The van der Waals surface area contributed by atoms with Crippen LogP contribution in [-0.2, 0) is 14.8 Å². The number of sulfonamides is 1. The van der Waals surface area contributed by atoms with Crippen LogP contribution < -0.4 is 0 Å². The van der Waals surface area contributed by atoms with Crippen molar-refractivity contribution in [2.75, 3.05) is 13.6 Å². The fourth-order valence-corrected chi connectivity index (χ4v) is 3.90. The largest absolute Gasteiger partial charge is 0.481 e. The van der Waals surface area contributed by atoms with Crippen LogP contribution in [0.4, 0.5) is 0 Å². The maximum atomic E-state index is 12.8. The van der Waals surface area contributed by atoms with Gasteiger partial charge in [-0.05, 0) is 51.0 Å². The van der Waals surface area contributed by atoms with Gasteiger partial charge in [-0.2, -0.15) is 4.31 Å². The first-order chi connectivity index (χ1) is 12.1. The first-order valence-electron chi connectivity index (χ1n) is 8.67. The summed E-state index contributed by atoms with van der Waals surface area (Å²) in [4.78, 5) is 25.6. The first kappa shape index (κ1) is 20.4. The number of rotatable bonds is 8. The second-order valence-corrected chi connectivity index (χ2v) is 9.06. The first-order valence-corrected chi connectivity index (χ1v) is 10.1. The summed E-state index contributed by atoms with van der Waals surface area (Å²) in [5.74, 6) is -1.86. The van der Waals surface area contributed by atoms with Crippen molar-refractivity contribution >= 4 is 21.9 Å². The summed E-state index contributed by atoms with van der Waals surface area (Å²) < 4.78 is 26.3. The summed E-state index contributed by atoms with van der Waals surface area (Å²) in [7, 11) is -2.09. The molecule has 0 spiro atoms. The van der Waals surface area contributed by atoms with E-state index in [1.807, 2.05) is 0 Å². The van der Waals surface area contributed by atoms with Crippen LogP contribution >= 0.6 is 0 Å². The fourth-order valence-electron chi connectivity index (χ4n) is 2.54. The van der Waals surface area contributed by atoms with E-state index in [-0.39, 0.29) is 29.4 Å². The minimum absolute atomic E-state index is 0.0692. The lowest BCUT2D eigenvalue weighted by atomic mass is 10.1. The zero-order chi connectivity index (χ0) is 19.6. The molecule has 1 amide bonds. The molecule has 1 fully saturated rings. The van der Waals surface area contributed by atoms with Crippen LogP contribution in [0.1, 0.15) is 44.0 Å². The zero-order valence-electron chi connectivity index (χ0n) is 15.5. The van der Waals surface area contributed by atoms with Gasteiger partial charge in [0.05, 0.1) is 10.8 Å². The average Bonchev–Trinajstić information content (AvgIpc) is 3.42. The van der Waals surface area contributed by atoms with E-state index in [0.29, 0.717) is 5.56 Å². The Morgan fingerprint density at radius 2 is 1.69 bits per heavy atom. The van der Waals surface area contributed by atoms with Gasteiger partial charge in [-0.3, -0.25) is 9.59 Å². The summed E-state index contributed by atoms with van der Waals surface area (Å²) in [5.41, 5.74) is 0.362. The predicted octanol–water partition coefficient (Wildman–Crippen LogP) is 2.04. The standard InChI is InChI=1S/C18H26N2O5S/c1-12(2)19(4)26(24,25)16-9-5-14(6-10-16)17(21)20(15-7-8-15)11-13(3)18(22)23/h5-6,9-10,12-13,15H,7-8,11H2,1-4H3,(H,22,23). The molecule has 0 radical (unpaired) electrons. The Morgan fingerprint density at radius 1 is 1.15 bits per heavy atom. The summed E-state index contributed by atoms with van der Waals surface area (Å²) in [6.45, 7) is 5.29. The van der Waals surface area contributed by atoms with E-state index in [1.54, 1.807) is 25.7 Å². The van der Waals surface area contributed by atoms with E-state index >= 15 is 0 Å². The molecular formula is C18H26N2O5S. The highest BCUT2D eigenvalue weighted by Crippen LogP contribution is 2.29. The van der Waals surface area contributed by atoms with Crippen LogP contribution in [0.5, 0.6) is 0 Å². The Balaban J connectivity index is 2.21. The highest BCUT2D eigenvalue weighted by molar-refractivity contribution is 7.89.